The van der Waals surface area contributed by atoms with Gasteiger partial charge in [-0.25, -0.2) is 9.78 Å². The summed E-state index contributed by atoms with van der Waals surface area (Å²) in [6, 6.07) is 2.01. The first kappa shape index (κ1) is 17.2. The number of nitrogens with zero attached hydrogens (tertiary/aromatic N) is 3. The molecule has 3 heterocycles. The van der Waals surface area contributed by atoms with Gasteiger partial charge in [-0.3, -0.25) is 9.69 Å². The van der Waals surface area contributed by atoms with Gasteiger partial charge in [0, 0.05) is 30.3 Å². The van der Waals surface area contributed by atoms with Crippen LogP contribution >= 0.6 is 15.9 Å². The molecular weight excluding hydrogens is 374 g/mol. The Morgan fingerprint density at radius 3 is 2.79 bits per heavy atom. The second kappa shape index (κ2) is 6.35. The third kappa shape index (κ3) is 3.55. The van der Waals surface area contributed by atoms with Gasteiger partial charge in [-0.05, 0) is 61.2 Å². The van der Waals surface area contributed by atoms with Crippen molar-refractivity contribution in [3.63, 3.8) is 0 Å². The molecule has 1 fully saturated rings. The lowest BCUT2D eigenvalue weighted by Gasteiger charge is -2.25. The van der Waals surface area contributed by atoms with Gasteiger partial charge in [0.25, 0.3) is 0 Å². The standard InChI is InChI=1S/C17H22BrN3O3/c1-17(2,3)24-16(23)20-6-4-12(10-20)15(22)21-7-5-11-8-13(18)9-19-14(11)21/h8-9,12H,4-7,10H2,1-3H3. The second-order valence-electron chi connectivity index (χ2n) is 7.29. The largest absolute Gasteiger partial charge is 0.444 e. The molecule has 0 bridgehead atoms. The summed E-state index contributed by atoms with van der Waals surface area (Å²) in [5, 5.41) is 0. The Kier molecular flexibility index (Phi) is 4.55. The molecule has 1 atom stereocenters. The van der Waals surface area contributed by atoms with Crippen molar-refractivity contribution in [2.45, 2.75) is 39.2 Å². The number of anilines is 1. The lowest BCUT2D eigenvalue weighted by atomic mass is 10.1. The van der Waals surface area contributed by atoms with E-state index >= 15 is 0 Å². The van der Waals surface area contributed by atoms with Crippen LogP contribution in [0.4, 0.5) is 10.6 Å². The number of pyridine rings is 1. The summed E-state index contributed by atoms with van der Waals surface area (Å²) in [6.07, 6.45) is 2.85. The molecule has 130 valence electrons. The normalized spacial score (nSPS) is 20.2. The van der Waals surface area contributed by atoms with Crippen molar-refractivity contribution in [3.05, 3.63) is 22.3 Å². The topological polar surface area (TPSA) is 62.7 Å². The van der Waals surface area contributed by atoms with Gasteiger partial charge in [0.05, 0.1) is 5.92 Å². The number of fused-ring (bicyclic) bond motifs is 1. The Bertz CT molecular complexity index is 672. The number of hydrogen-bond donors (Lipinski definition) is 0. The Hall–Kier alpha value is -1.63. The third-order valence-corrected chi connectivity index (χ3v) is 4.66. The summed E-state index contributed by atoms with van der Waals surface area (Å²) in [7, 11) is 0. The highest BCUT2D eigenvalue weighted by molar-refractivity contribution is 9.10. The van der Waals surface area contributed by atoms with Gasteiger partial charge in [-0.2, -0.15) is 0 Å². The van der Waals surface area contributed by atoms with Crippen LogP contribution in [-0.2, 0) is 16.0 Å². The van der Waals surface area contributed by atoms with E-state index in [4.69, 9.17) is 4.74 Å². The van der Waals surface area contributed by atoms with Crippen LogP contribution in [0.1, 0.15) is 32.8 Å². The quantitative estimate of drug-likeness (QED) is 0.732. The lowest BCUT2D eigenvalue weighted by molar-refractivity contribution is -0.121. The van der Waals surface area contributed by atoms with Crippen LogP contribution in [0.15, 0.2) is 16.7 Å². The highest BCUT2D eigenvalue weighted by Gasteiger charge is 2.37. The van der Waals surface area contributed by atoms with E-state index in [0.717, 1.165) is 22.3 Å². The Labute approximate surface area is 150 Å². The molecule has 0 radical (unpaired) electrons. The van der Waals surface area contributed by atoms with E-state index in [1.807, 2.05) is 26.8 Å². The van der Waals surface area contributed by atoms with Crippen LogP contribution in [0.25, 0.3) is 0 Å². The molecule has 1 aromatic heterocycles. The predicted octanol–water partition coefficient (Wildman–Crippen LogP) is 2.99. The Morgan fingerprint density at radius 1 is 1.33 bits per heavy atom. The number of likely N-dealkylation sites (tertiary alicyclic amines) is 1. The van der Waals surface area contributed by atoms with Crippen molar-refractivity contribution in [2.24, 2.45) is 5.92 Å². The number of ether oxygens (including phenoxy) is 1. The molecule has 0 spiro atoms. The molecule has 7 heteroatoms. The second-order valence-corrected chi connectivity index (χ2v) is 8.20. The van der Waals surface area contributed by atoms with Crippen molar-refractivity contribution in [1.29, 1.82) is 0 Å². The molecule has 2 aliphatic rings. The molecular formula is C17H22BrN3O3. The molecule has 0 saturated carbocycles. The van der Waals surface area contributed by atoms with Crippen LogP contribution in [0.2, 0.25) is 0 Å². The van der Waals surface area contributed by atoms with Crippen LogP contribution in [0.3, 0.4) is 0 Å². The van der Waals surface area contributed by atoms with Crippen molar-refractivity contribution < 1.29 is 14.3 Å². The number of halogens is 1. The zero-order valence-corrected chi connectivity index (χ0v) is 15.8. The van der Waals surface area contributed by atoms with Crippen molar-refractivity contribution in [3.8, 4) is 0 Å². The molecule has 6 nitrogen and oxygen atoms in total. The zero-order chi connectivity index (χ0) is 17.5. The van der Waals surface area contributed by atoms with Gasteiger partial charge < -0.3 is 9.64 Å². The minimum Gasteiger partial charge on any atom is -0.444 e. The fourth-order valence-electron chi connectivity index (χ4n) is 3.13. The van der Waals surface area contributed by atoms with E-state index in [9.17, 15) is 9.59 Å². The first-order valence-electron chi connectivity index (χ1n) is 8.18. The predicted molar refractivity (Wildman–Crippen MR) is 93.9 cm³/mol. The van der Waals surface area contributed by atoms with Crippen molar-refractivity contribution >= 4 is 33.7 Å². The maximum Gasteiger partial charge on any atom is 0.410 e. The first-order valence-corrected chi connectivity index (χ1v) is 8.97. The average molecular weight is 396 g/mol. The average Bonchev–Trinajstić information content (AvgIpc) is 3.11. The molecule has 0 aliphatic carbocycles. The van der Waals surface area contributed by atoms with Gasteiger partial charge in [0.15, 0.2) is 0 Å². The maximum atomic E-state index is 12.8. The third-order valence-electron chi connectivity index (χ3n) is 4.23. The van der Waals surface area contributed by atoms with Gasteiger partial charge in [-0.1, -0.05) is 0 Å². The van der Waals surface area contributed by atoms with Gasteiger partial charge >= 0.3 is 6.09 Å². The maximum absolute atomic E-state index is 12.8. The lowest BCUT2D eigenvalue weighted by Crippen LogP contribution is -2.39. The molecule has 1 aromatic rings. The van der Waals surface area contributed by atoms with Crippen molar-refractivity contribution in [2.75, 3.05) is 24.5 Å². The summed E-state index contributed by atoms with van der Waals surface area (Å²) in [5.74, 6) is 0.613. The summed E-state index contributed by atoms with van der Waals surface area (Å²) in [5.41, 5.74) is 0.560. The number of hydrogen-bond acceptors (Lipinski definition) is 4. The highest BCUT2D eigenvalue weighted by atomic mass is 79.9. The number of carbonyl (C=O) groups excluding carboxylic acids is 2. The van der Waals surface area contributed by atoms with E-state index in [1.54, 1.807) is 16.0 Å². The Morgan fingerprint density at radius 2 is 2.08 bits per heavy atom. The number of rotatable bonds is 1. The summed E-state index contributed by atoms with van der Waals surface area (Å²) < 4.78 is 6.31. The first-order chi connectivity index (χ1) is 11.2. The highest BCUT2D eigenvalue weighted by Crippen LogP contribution is 2.31. The fourth-order valence-corrected chi connectivity index (χ4v) is 3.51. The van der Waals surface area contributed by atoms with Crippen LogP contribution in [0, 0.1) is 5.92 Å². The van der Waals surface area contributed by atoms with Crippen LogP contribution < -0.4 is 4.90 Å². The van der Waals surface area contributed by atoms with Gasteiger partial charge in [-0.15, -0.1) is 0 Å². The smallest absolute Gasteiger partial charge is 0.410 e. The van der Waals surface area contributed by atoms with E-state index in [0.29, 0.717) is 26.1 Å². The fraction of sp³-hybridized carbons (Fsp3) is 0.588. The van der Waals surface area contributed by atoms with E-state index in [1.165, 1.54) is 0 Å². The monoisotopic (exact) mass is 395 g/mol. The van der Waals surface area contributed by atoms with Gasteiger partial charge in [0.2, 0.25) is 5.91 Å². The Balaban J connectivity index is 1.65. The molecule has 2 amide bonds. The minimum absolute atomic E-state index is 0.0506. The number of carbonyl (C=O) groups is 2. The minimum atomic E-state index is -0.523. The molecule has 1 saturated heterocycles. The molecule has 24 heavy (non-hydrogen) atoms. The van der Waals surface area contributed by atoms with Crippen molar-refractivity contribution in [1.82, 2.24) is 9.88 Å². The summed E-state index contributed by atoms with van der Waals surface area (Å²) >= 11 is 3.41. The van der Waals surface area contributed by atoms with E-state index in [-0.39, 0.29) is 17.9 Å². The van der Waals surface area contributed by atoms with E-state index < -0.39 is 5.60 Å². The summed E-state index contributed by atoms with van der Waals surface area (Å²) in [4.78, 5) is 32.8. The van der Waals surface area contributed by atoms with Crippen LogP contribution in [0.5, 0.6) is 0 Å². The summed E-state index contributed by atoms with van der Waals surface area (Å²) in [6.45, 7) is 7.15. The zero-order valence-electron chi connectivity index (χ0n) is 14.2. The number of amides is 2. The van der Waals surface area contributed by atoms with E-state index in [2.05, 4.69) is 20.9 Å². The van der Waals surface area contributed by atoms with Gasteiger partial charge in [0.1, 0.15) is 11.4 Å². The molecule has 1 unspecified atom stereocenters. The number of aromatic nitrogens is 1. The molecule has 0 N–H and O–H groups in total. The molecule has 2 aliphatic heterocycles. The molecule has 0 aromatic carbocycles. The molecule has 3 rings (SSSR count). The van der Waals surface area contributed by atoms with Crippen LogP contribution in [-0.4, -0.2) is 47.1 Å². The SMILES string of the molecule is CC(C)(C)OC(=O)N1CCC(C(=O)N2CCc3cc(Br)cnc32)C1.